The second-order valence-electron chi connectivity index (χ2n) is 9.28. The van der Waals surface area contributed by atoms with Gasteiger partial charge in [-0.1, -0.05) is 53.9 Å². The third-order valence-electron chi connectivity index (χ3n) is 6.40. The Kier molecular flexibility index (Phi) is 10.2. The summed E-state index contributed by atoms with van der Waals surface area (Å²) in [7, 11) is -3.75. The standard InChI is InChI=1S/C27H27Cl2N5O5S2/c28-19-15-30-16-20(29)24(19)25(35)31-18-10-8-17(9-11-18)14-22(26(36)37)33-27(40)32-21-6-2-3-7-23(21)41(38,39)34-12-4-1-5-13-34/h2-3,6-11,15-16,22H,1,4-5,12-14H2,(H,31,35)(H,36,37)(H2,32,33,40)/t22-/m0/s1. The van der Waals surface area contributed by atoms with E-state index in [2.05, 4.69) is 20.9 Å². The molecule has 14 heteroatoms. The molecule has 4 N–H and O–H groups in total. The van der Waals surface area contributed by atoms with Crippen LogP contribution in [-0.4, -0.2) is 58.9 Å². The van der Waals surface area contributed by atoms with Crippen molar-refractivity contribution in [3.63, 3.8) is 0 Å². The SMILES string of the molecule is O=C(Nc1ccc(C[C@H](NC(=S)Nc2ccccc2S(=O)(=O)N2CCCCC2)C(=O)O)cc1)c1c(Cl)cncc1Cl. The number of anilines is 2. The summed E-state index contributed by atoms with van der Waals surface area (Å²) in [6, 6.07) is 11.8. The van der Waals surface area contributed by atoms with E-state index in [4.69, 9.17) is 35.4 Å². The van der Waals surface area contributed by atoms with E-state index in [9.17, 15) is 23.1 Å². The number of pyridine rings is 1. The van der Waals surface area contributed by atoms with E-state index in [1.807, 2.05) is 0 Å². The molecule has 1 aromatic heterocycles. The molecule has 2 aromatic carbocycles. The van der Waals surface area contributed by atoms with Crippen LogP contribution in [0.2, 0.25) is 10.0 Å². The fourth-order valence-corrected chi connectivity index (χ4v) is 6.79. The topological polar surface area (TPSA) is 141 Å². The van der Waals surface area contributed by atoms with Crippen molar-refractivity contribution in [3.8, 4) is 0 Å². The van der Waals surface area contributed by atoms with Crippen LogP contribution >= 0.6 is 35.4 Å². The van der Waals surface area contributed by atoms with Gasteiger partial charge in [-0.2, -0.15) is 4.31 Å². The lowest BCUT2D eigenvalue weighted by molar-refractivity contribution is -0.139. The van der Waals surface area contributed by atoms with Crippen LogP contribution in [0.1, 0.15) is 35.2 Å². The number of carboxylic acid groups (broad SMARTS) is 1. The maximum atomic E-state index is 13.3. The highest BCUT2D eigenvalue weighted by atomic mass is 35.5. The second-order valence-corrected chi connectivity index (χ2v) is 12.4. The van der Waals surface area contributed by atoms with Crippen molar-refractivity contribution >= 4 is 73.8 Å². The first-order valence-electron chi connectivity index (χ1n) is 12.6. The summed E-state index contributed by atoms with van der Waals surface area (Å²) < 4.78 is 28.0. The zero-order valence-electron chi connectivity index (χ0n) is 21.6. The van der Waals surface area contributed by atoms with Crippen LogP contribution in [0.3, 0.4) is 0 Å². The maximum absolute atomic E-state index is 13.3. The molecule has 0 aliphatic carbocycles. The summed E-state index contributed by atoms with van der Waals surface area (Å²) in [6.07, 6.45) is 5.28. The van der Waals surface area contributed by atoms with Crippen LogP contribution in [0.4, 0.5) is 11.4 Å². The molecule has 41 heavy (non-hydrogen) atoms. The zero-order valence-corrected chi connectivity index (χ0v) is 24.8. The van der Waals surface area contributed by atoms with Crippen LogP contribution in [0.15, 0.2) is 65.8 Å². The van der Waals surface area contributed by atoms with Crippen molar-refractivity contribution in [2.75, 3.05) is 23.7 Å². The molecule has 0 radical (unpaired) electrons. The van der Waals surface area contributed by atoms with Crippen molar-refractivity contribution in [3.05, 3.63) is 82.1 Å². The third-order valence-corrected chi connectivity index (χ3v) is 9.15. The lowest BCUT2D eigenvalue weighted by Crippen LogP contribution is -2.44. The number of nitrogens with zero attached hydrogens (tertiary/aromatic N) is 2. The normalized spacial score (nSPS) is 14.6. The van der Waals surface area contributed by atoms with E-state index in [0.29, 0.717) is 24.3 Å². The predicted molar refractivity (Wildman–Crippen MR) is 162 cm³/mol. The number of hydrogen-bond acceptors (Lipinski definition) is 6. The molecule has 0 spiro atoms. The number of hydrogen-bond donors (Lipinski definition) is 4. The summed E-state index contributed by atoms with van der Waals surface area (Å²) in [5.41, 5.74) is 1.45. The number of halogens is 2. The minimum absolute atomic E-state index is 0.0336. The number of piperidine rings is 1. The molecule has 1 amide bonds. The molecule has 2 heterocycles. The van der Waals surface area contributed by atoms with Gasteiger partial charge in [0.05, 0.1) is 21.3 Å². The quantitative estimate of drug-likeness (QED) is 0.244. The fourth-order valence-electron chi connectivity index (χ4n) is 4.34. The minimum atomic E-state index is -3.75. The Balaban J connectivity index is 1.41. The van der Waals surface area contributed by atoms with E-state index in [0.717, 1.165) is 19.3 Å². The van der Waals surface area contributed by atoms with Crippen molar-refractivity contribution < 1.29 is 23.1 Å². The maximum Gasteiger partial charge on any atom is 0.326 e. The molecule has 10 nitrogen and oxygen atoms in total. The van der Waals surface area contributed by atoms with Crippen LogP contribution in [0, 0.1) is 0 Å². The number of carboxylic acids is 1. The summed E-state index contributed by atoms with van der Waals surface area (Å²) in [6.45, 7) is 0.905. The van der Waals surface area contributed by atoms with Gasteiger partial charge in [0.2, 0.25) is 10.0 Å². The second kappa shape index (κ2) is 13.6. The van der Waals surface area contributed by atoms with Gasteiger partial charge in [-0.15, -0.1) is 0 Å². The van der Waals surface area contributed by atoms with E-state index in [-0.39, 0.29) is 37.7 Å². The molecule has 4 rings (SSSR count). The Bertz CT molecular complexity index is 1530. The Morgan fingerprint density at radius 2 is 1.61 bits per heavy atom. The zero-order chi connectivity index (χ0) is 29.6. The van der Waals surface area contributed by atoms with E-state index in [1.54, 1.807) is 42.5 Å². The van der Waals surface area contributed by atoms with Gasteiger partial charge in [0.15, 0.2) is 5.11 Å². The van der Waals surface area contributed by atoms with Gasteiger partial charge in [0.1, 0.15) is 10.9 Å². The summed E-state index contributed by atoms with van der Waals surface area (Å²) in [4.78, 5) is 28.5. The van der Waals surface area contributed by atoms with Gasteiger partial charge in [-0.25, -0.2) is 13.2 Å². The molecule has 3 aromatic rings. The lowest BCUT2D eigenvalue weighted by atomic mass is 10.1. The Morgan fingerprint density at radius 1 is 0.976 bits per heavy atom. The van der Waals surface area contributed by atoms with Crippen LogP contribution in [0.25, 0.3) is 0 Å². The first kappa shape index (κ1) is 30.7. The lowest BCUT2D eigenvalue weighted by Gasteiger charge is -2.27. The van der Waals surface area contributed by atoms with Crippen molar-refractivity contribution in [1.82, 2.24) is 14.6 Å². The molecule has 0 unspecified atom stereocenters. The van der Waals surface area contributed by atoms with Gasteiger partial charge in [-0.05, 0) is 54.9 Å². The first-order chi connectivity index (χ1) is 19.6. The molecule has 1 saturated heterocycles. The van der Waals surface area contributed by atoms with Gasteiger partial charge in [-0.3, -0.25) is 9.78 Å². The number of amides is 1. The fraction of sp³-hybridized carbons (Fsp3) is 0.259. The molecule has 0 bridgehead atoms. The number of aliphatic carboxylic acids is 1. The van der Waals surface area contributed by atoms with E-state index >= 15 is 0 Å². The third kappa shape index (κ3) is 7.72. The summed E-state index contributed by atoms with van der Waals surface area (Å²) in [5.74, 6) is -1.66. The average Bonchev–Trinajstić information content (AvgIpc) is 2.94. The molecule has 1 aliphatic rings. The number of aromatic nitrogens is 1. The van der Waals surface area contributed by atoms with E-state index in [1.165, 1.54) is 22.8 Å². The number of carbonyl (C=O) groups is 2. The van der Waals surface area contributed by atoms with E-state index < -0.39 is 27.9 Å². The van der Waals surface area contributed by atoms with Crippen molar-refractivity contribution in [2.45, 2.75) is 36.6 Å². The Morgan fingerprint density at radius 3 is 2.24 bits per heavy atom. The molecule has 1 aliphatic heterocycles. The number of benzene rings is 2. The largest absolute Gasteiger partial charge is 0.480 e. The number of rotatable bonds is 9. The summed E-state index contributed by atoms with van der Waals surface area (Å²) in [5, 5.41) is 18.3. The number of para-hydroxylation sites is 1. The molecule has 1 atom stereocenters. The molecule has 0 saturated carbocycles. The Labute approximate surface area is 253 Å². The highest BCUT2D eigenvalue weighted by Crippen LogP contribution is 2.27. The van der Waals surface area contributed by atoms with Crippen molar-refractivity contribution in [1.29, 1.82) is 0 Å². The van der Waals surface area contributed by atoms with Gasteiger partial charge >= 0.3 is 5.97 Å². The van der Waals surface area contributed by atoms with Crippen LogP contribution in [-0.2, 0) is 21.2 Å². The van der Waals surface area contributed by atoms with Crippen molar-refractivity contribution in [2.24, 2.45) is 0 Å². The molecular weight excluding hydrogens is 609 g/mol. The number of carbonyl (C=O) groups excluding carboxylic acids is 1. The summed E-state index contributed by atoms with van der Waals surface area (Å²) >= 11 is 17.4. The number of nitrogens with one attached hydrogen (secondary N) is 3. The highest BCUT2D eigenvalue weighted by Gasteiger charge is 2.28. The smallest absolute Gasteiger partial charge is 0.326 e. The predicted octanol–water partition coefficient (Wildman–Crippen LogP) is 4.80. The monoisotopic (exact) mass is 635 g/mol. The molecule has 216 valence electrons. The van der Waals surface area contributed by atoms with Crippen LogP contribution < -0.4 is 16.0 Å². The minimum Gasteiger partial charge on any atom is -0.480 e. The number of thiocarbonyl (C=S) groups is 1. The highest BCUT2D eigenvalue weighted by molar-refractivity contribution is 7.89. The van der Waals surface area contributed by atoms with Gasteiger partial charge < -0.3 is 21.1 Å². The average molecular weight is 637 g/mol. The van der Waals surface area contributed by atoms with Gasteiger partial charge in [0, 0.05) is 37.6 Å². The first-order valence-corrected chi connectivity index (χ1v) is 15.3. The molecule has 1 fully saturated rings. The van der Waals surface area contributed by atoms with Crippen LogP contribution in [0.5, 0.6) is 0 Å². The van der Waals surface area contributed by atoms with Gasteiger partial charge in [0.25, 0.3) is 5.91 Å². The molecular formula is C27H27Cl2N5O5S2. The Hall–Kier alpha value is -3.29. The number of sulfonamides is 1.